The van der Waals surface area contributed by atoms with Gasteiger partial charge in [0.05, 0.1) is 0 Å². The zero-order chi connectivity index (χ0) is 13.7. The van der Waals surface area contributed by atoms with Gasteiger partial charge in [-0.1, -0.05) is 13.8 Å². The molecule has 106 valence electrons. The normalized spacial score (nSPS) is 19.6. The minimum Gasteiger partial charge on any atom is -0.343 e. The van der Waals surface area contributed by atoms with E-state index in [1.807, 2.05) is 4.90 Å². The number of piperidine rings is 1. The topological polar surface area (TPSA) is 49.6 Å². The maximum Gasteiger partial charge on any atom is 0.219 e. The lowest BCUT2D eigenvalue weighted by atomic mass is 10.00. The van der Waals surface area contributed by atoms with E-state index in [1.165, 1.54) is 0 Å². The monoisotopic (exact) mass is 255 g/mol. The van der Waals surface area contributed by atoms with Crippen LogP contribution in [0.5, 0.6) is 0 Å². The van der Waals surface area contributed by atoms with Crippen molar-refractivity contribution in [3.63, 3.8) is 0 Å². The molecule has 18 heavy (non-hydrogen) atoms. The summed E-state index contributed by atoms with van der Waals surface area (Å²) in [5, 5.41) is 0. The van der Waals surface area contributed by atoms with Crippen molar-refractivity contribution in [1.29, 1.82) is 0 Å². The summed E-state index contributed by atoms with van der Waals surface area (Å²) in [5.41, 5.74) is 6.08. The van der Waals surface area contributed by atoms with Gasteiger partial charge < -0.3 is 15.5 Å². The molecule has 0 aromatic carbocycles. The van der Waals surface area contributed by atoms with Gasteiger partial charge in [-0.2, -0.15) is 0 Å². The highest BCUT2D eigenvalue weighted by Gasteiger charge is 2.23. The fourth-order valence-electron chi connectivity index (χ4n) is 2.49. The van der Waals surface area contributed by atoms with Gasteiger partial charge >= 0.3 is 0 Å². The minimum absolute atomic E-state index is 0.206. The van der Waals surface area contributed by atoms with Crippen molar-refractivity contribution >= 4 is 5.91 Å². The van der Waals surface area contributed by atoms with E-state index in [-0.39, 0.29) is 5.91 Å². The van der Waals surface area contributed by atoms with Gasteiger partial charge in [-0.25, -0.2) is 0 Å². The summed E-state index contributed by atoms with van der Waals surface area (Å²) in [7, 11) is 2.18. The smallest absolute Gasteiger partial charge is 0.219 e. The zero-order valence-corrected chi connectivity index (χ0v) is 12.4. The van der Waals surface area contributed by atoms with Crippen molar-refractivity contribution in [2.45, 2.75) is 52.1 Å². The van der Waals surface area contributed by atoms with Crippen LogP contribution in [0.15, 0.2) is 0 Å². The van der Waals surface area contributed by atoms with E-state index in [2.05, 4.69) is 25.8 Å². The highest BCUT2D eigenvalue weighted by Crippen LogP contribution is 2.16. The lowest BCUT2D eigenvalue weighted by molar-refractivity contribution is -0.130. The Kier molecular flexibility index (Phi) is 6.09. The van der Waals surface area contributed by atoms with E-state index in [1.54, 1.807) is 6.92 Å². The third-order valence-electron chi connectivity index (χ3n) is 4.20. The number of nitrogens with two attached hydrogens (primary N) is 1. The number of carbonyl (C=O) groups excluding carboxylic acids is 1. The third kappa shape index (κ3) is 4.58. The van der Waals surface area contributed by atoms with Crippen molar-refractivity contribution in [1.82, 2.24) is 9.80 Å². The summed E-state index contributed by atoms with van der Waals surface area (Å²) in [5.74, 6) is 0.760. The maximum absolute atomic E-state index is 11.3. The molecule has 1 atom stereocenters. The van der Waals surface area contributed by atoms with Crippen molar-refractivity contribution in [3.05, 3.63) is 0 Å². The average molecular weight is 255 g/mol. The Bertz CT molecular complexity index is 260. The predicted octanol–water partition coefficient (Wildman–Crippen LogP) is 1.30. The molecule has 1 saturated heterocycles. The number of hydrogen-bond acceptors (Lipinski definition) is 3. The summed E-state index contributed by atoms with van der Waals surface area (Å²) < 4.78 is 0. The maximum atomic E-state index is 11.3. The highest BCUT2D eigenvalue weighted by atomic mass is 16.2. The molecule has 1 fully saturated rings. The van der Waals surface area contributed by atoms with E-state index in [0.717, 1.165) is 38.9 Å². The van der Waals surface area contributed by atoms with E-state index in [9.17, 15) is 4.79 Å². The molecule has 1 amide bonds. The standard InChI is InChI=1S/C14H29N3O/c1-11(2)14(15)7-8-16(4)13-5-9-17(10-6-13)12(3)18/h11,13-14H,5-10,15H2,1-4H3. The third-order valence-corrected chi connectivity index (χ3v) is 4.20. The SMILES string of the molecule is CC(=O)N1CCC(N(C)CCC(N)C(C)C)CC1. The van der Waals surface area contributed by atoms with Crippen molar-refractivity contribution in [3.8, 4) is 0 Å². The molecule has 2 N–H and O–H groups in total. The number of likely N-dealkylation sites (tertiary alicyclic amines) is 1. The van der Waals surface area contributed by atoms with Crippen molar-refractivity contribution < 1.29 is 4.79 Å². The Morgan fingerprint density at radius 3 is 2.39 bits per heavy atom. The number of carbonyl (C=O) groups is 1. The molecule has 0 aliphatic carbocycles. The van der Waals surface area contributed by atoms with Gasteiger partial charge in [0.2, 0.25) is 5.91 Å². The lowest BCUT2D eigenvalue weighted by Crippen LogP contribution is -2.45. The van der Waals surface area contributed by atoms with Gasteiger partial charge in [0, 0.05) is 32.1 Å². The zero-order valence-electron chi connectivity index (χ0n) is 12.4. The van der Waals surface area contributed by atoms with E-state index < -0.39 is 0 Å². The first-order valence-corrected chi connectivity index (χ1v) is 7.13. The van der Waals surface area contributed by atoms with Crippen LogP contribution in [-0.4, -0.2) is 54.5 Å². The Labute approximate surface area is 111 Å². The van der Waals surface area contributed by atoms with Gasteiger partial charge in [0.25, 0.3) is 0 Å². The predicted molar refractivity (Wildman–Crippen MR) is 75.3 cm³/mol. The summed E-state index contributed by atoms with van der Waals surface area (Å²) in [6, 6.07) is 0.907. The lowest BCUT2D eigenvalue weighted by Gasteiger charge is -2.36. The Hall–Kier alpha value is -0.610. The molecule has 0 bridgehead atoms. The molecule has 1 rings (SSSR count). The number of amides is 1. The van der Waals surface area contributed by atoms with E-state index >= 15 is 0 Å². The molecule has 1 heterocycles. The highest BCUT2D eigenvalue weighted by molar-refractivity contribution is 5.73. The summed E-state index contributed by atoms with van der Waals surface area (Å²) >= 11 is 0. The first-order valence-electron chi connectivity index (χ1n) is 7.13. The molecular weight excluding hydrogens is 226 g/mol. The van der Waals surface area contributed by atoms with Crippen LogP contribution in [0.4, 0.5) is 0 Å². The number of hydrogen-bond donors (Lipinski definition) is 1. The second-order valence-electron chi connectivity index (χ2n) is 5.91. The molecule has 4 heteroatoms. The van der Waals surface area contributed by atoms with Crippen LogP contribution in [0.2, 0.25) is 0 Å². The van der Waals surface area contributed by atoms with E-state index in [0.29, 0.717) is 18.0 Å². The molecule has 0 spiro atoms. The first-order chi connectivity index (χ1) is 8.41. The van der Waals surface area contributed by atoms with Crippen LogP contribution in [-0.2, 0) is 4.79 Å². The van der Waals surface area contributed by atoms with Crippen LogP contribution in [0.1, 0.15) is 40.0 Å². The molecule has 0 radical (unpaired) electrons. The molecule has 1 unspecified atom stereocenters. The fourth-order valence-corrected chi connectivity index (χ4v) is 2.49. The van der Waals surface area contributed by atoms with Crippen LogP contribution in [0, 0.1) is 5.92 Å². The largest absolute Gasteiger partial charge is 0.343 e. The Balaban J connectivity index is 2.27. The van der Waals surface area contributed by atoms with Crippen LogP contribution in [0.25, 0.3) is 0 Å². The average Bonchev–Trinajstić information content (AvgIpc) is 2.35. The van der Waals surface area contributed by atoms with Crippen LogP contribution < -0.4 is 5.73 Å². The van der Waals surface area contributed by atoms with Crippen molar-refractivity contribution in [2.75, 3.05) is 26.7 Å². The Morgan fingerprint density at radius 2 is 1.94 bits per heavy atom. The number of rotatable bonds is 5. The first kappa shape index (κ1) is 15.4. The number of nitrogens with zero attached hydrogens (tertiary/aromatic N) is 2. The Morgan fingerprint density at radius 1 is 1.39 bits per heavy atom. The molecular formula is C14H29N3O. The summed E-state index contributed by atoms with van der Waals surface area (Å²) in [6.07, 6.45) is 3.24. The van der Waals surface area contributed by atoms with Gasteiger partial charge in [-0.05, 0) is 38.8 Å². The minimum atomic E-state index is 0.206. The van der Waals surface area contributed by atoms with Gasteiger partial charge in [-0.3, -0.25) is 4.79 Å². The quantitative estimate of drug-likeness (QED) is 0.805. The van der Waals surface area contributed by atoms with Crippen LogP contribution in [0.3, 0.4) is 0 Å². The van der Waals surface area contributed by atoms with Gasteiger partial charge in [-0.15, -0.1) is 0 Å². The van der Waals surface area contributed by atoms with E-state index in [4.69, 9.17) is 5.73 Å². The second-order valence-corrected chi connectivity index (χ2v) is 5.91. The summed E-state index contributed by atoms with van der Waals surface area (Å²) in [6.45, 7) is 8.88. The molecule has 0 saturated carbocycles. The van der Waals surface area contributed by atoms with Gasteiger partial charge in [0.1, 0.15) is 0 Å². The molecule has 4 nitrogen and oxygen atoms in total. The molecule has 0 aromatic rings. The molecule has 1 aliphatic heterocycles. The fraction of sp³-hybridized carbons (Fsp3) is 0.929. The van der Waals surface area contributed by atoms with Crippen molar-refractivity contribution in [2.24, 2.45) is 11.7 Å². The van der Waals surface area contributed by atoms with Gasteiger partial charge in [0.15, 0.2) is 0 Å². The second kappa shape index (κ2) is 7.10. The van der Waals surface area contributed by atoms with Crippen LogP contribution >= 0.6 is 0 Å². The molecule has 1 aliphatic rings. The molecule has 0 aromatic heterocycles. The summed E-state index contributed by atoms with van der Waals surface area (Å²) in [4.78, 5) is 15.6.